The molecule has 0 bridgehead atoms. The van der Waals surface area contributed by atoms with E-state index in [2.05, 4.69) is 32.1 Å². The van der Waals surface area contributed by atoms with E-state index >= 15 is 0 Å². The molecular formula is C22H29NO. The lowest BCUT2D eigenvalue weighted by atomic mass is 9.48. The topological polar surface area (TPSA) is 40.9 Å². The minimum atomic E-state index is 0.208. The van der Waals surface area contributed by atoms with Crippen LogP contribution in [0.25, 0.3) is 0 Å². The van der Waals surface area contributed by atoms with Gasteiger partial charge in [0, 0.05) is 12.8 Å². The van der Waals surface area contributed by atoms with Crippen molar-refractivity contribution in [1.82, 2.24) is 0 Å². The van der Waals surface area contributed by atoms with Crippen molar-refractivity contribution < 1.29 is 4.79 Å². The molecule has 0 spiro atoms. The molecule has 2 saturated carbocycles. The van der Waals surface area contributed by atoms with Gasteiger partial charge in [-0.1, -0.05) is 26.0 Å². The number of ketones is 1. The van der Waals surface area contributed by atoms with E-state index in [1.807, 2.05) is 6.08 Å². The molecular weight excluding hydrogens is 294 g/mol. The Morgan fingerprint density at radius 3 is 2.83 bits per heavy atom. The molecule has 0 saturated heterocycles. The summed E-state index contributed by atoms with van der Waals surface area (Å²) in [5.74, 6) is 3.19. The average Bonchev–Trinajstić information content (AvgIpc) is 2.90. The van der Waals surface area contributed by atoms with E-state index in [0.29, 0.717) is 29.5 Å². The van der Waals surface area contributed by atoms with Gasteiger partial charge in [0.15, 0.2) is 5.78 Å². The summed E-state index contributed by atoms with van der Waals surface area (Å²) < 4.78 is 0. The van der Waals surface area contributed by atoms with Gasteiger partial charge in [-0.15, -0.1) is 0 Å². The van der Waals surface area contributed by atoms with Crippen molar-refractivity contribution in [3.05, 3.63) is 23.8 Å². The van der Waals surface area contributed by atoms with Gasteiger partial charge in [0.2, 0.25) is 0 Å². The largest absolute Gasteiger partial charge is 0.295 e. The highest BCUT2D eigenvalue weighted by molar-refractivity contribution is 5.92. The summed E-state index contributed by atoms with van der Waals surface area (Å²) in [4.78, 5) is 11.9. The summed E-state index contributed by atoms with van der Waals surface area (Å²) in [7, 11) is 0. The fourth-order valence-corrected chi connectivity index (χ4v) is 6.82. The second-order valence-corrected chi connectivity index (χ2v) is 9.15. The van der Waals surface area contributed by atoms with Crippen LogP contribution in [0.4, 0.5) is 0 Å². The Bertz CT molecular complexity index is 653. The van der Waals surface area contributed by atoms with Gasteiger partial charge < -0.3 is 0 Å². The Morgan fingerprint density at radius 2 is 2.04 bits per heavy atom. The number of carbonyl (C=O) groups excluding carboxylic acids is 1. The van der Waals surface area contributed by atoms with Crippen molar-refractivity contribution in [2.24, 2.45) is 34.5 Å². The zero-order valence-corrected chi connectivity index (χ0v) is 15.1. The van der Waals surface area contributed by atoms with Crippen molar-refractivity contribution in [3.63, 3.8) is 0 Å². The predicted molar refractivity (Wildman–Crippen MR) is 95.0 cm³/mol. The molecule has 0 N–H and O–H groups in total. The molecule has 0 aromatic rings. The first-order valence-corrected chi connectivity index (χ1v) is 9.79. The van der Waals surface area contributed by atoms with Crippen LogP contribution in [0.15, 0.2) is 23.8 Å². The van der Waals surface area contributed by atoms with Crippen LogP contribution >= 0.6 is 0 Å². The van der Waals surface area contributed by atoms with Crippen LogP contribution in [0.2, 0.25) is 0 Å². The predicted octanol–water partition coefficient (Wildman–Crippen LogP) is 5.21. The molecule has 4 aliphatic carbocycles. The third-order valence-corrected chi connectivity index (χ3v) is 8.32. The maximum Gasteiger partial charge on any atom is 0.156 e. The van der Waals surface area contributed by atoms with E-state index < -0.39 is 0 Å². The summed E-state index contributed by atoms with van der Waals surface area (Å²) in [5.41, 5.74) is 1.92. The second kappa shape index (κ2) is 5.58. The average molecular weight is 323 g/mol. The molecule has 128 valence electrons. The number of fused-ring (bicyclic) bond motifs is 5. The molecule has 0 aliphatic heterocycles. The Labute approximate surface area is 146 Å². The summed E-state index contributed by atoms with van der Waals surface area (Å²) >= 11 is 0. The van der Waals surface area contributed by atoms with Gasteiger partial charge in [-0.25, -0.2) is 0 Å². The number of nitriles is 1. The van der Waals surface area contributed by atoms with Crippen molar-refractivity contribution in [2.45, 2.75) is 65.2 Å². The van der Waals surface area contributed by atoms with Crippen LogP contribution in [0.3, 0.4) is 0 Å². The molecule has 4 aliphatic rings. The van der Waals surface area contributed by atoms with E-state index in [4.69, 9.17) is 5.26 Å². The number of hydrogen-bond acceptors (Lipinski definition) is 2. The van der Waals surface area contributed by atoms with Gasteiger partial charge in [0.05, 0.1) is 6.07 Å². The third-order valence-electron chi connectivity index (χ3n) is 8.32. The molecule has 2 heteroatoms. The van der Waals surface area contributed by atoms with Crippen LogP contribution in [0.5, 0.6) is 0 Å². The quantitative estimate of drug-likeness (QED) is 0.699. The van der Waals surface area contributed by atoms with Crippen molar-refractivity contribution >= 4 is 5.78 Å². The summed E-state index contributed by atoms with van der Waals surface area (Å²) in [6.45, 7) is 4.92. The van der Waals surface area contributed by atoms with Gasteiger partial charge in [-0.3, -0.25) is 4.79 Å². The van der Waals surface area contributed by atoms with Gasteiger partial charge in [0.25, 0.3) is 0 Å². The second-order valence-electron chi connectivity index (χ2n) is 9.15. The van der Waals surface area contributed by atoms with Crippen LogP contribution in [0, 0.1) is 45.8 Å². The van der Waals surface area contributed by atoms with E-state index in [0.717, 1.165) is 31.1 Å². The van der Waals surface area contributed by atoms with E-state index in [-0.39, 0.29) is 5.41 Å². The molecule has 0 amide bonds. The van der Waals surface area contributed by atoms with Gasteiger partial charge in [-0.05, 0) is 84.7 Å². The van der Waals surface area contributed by atoms with Gasteiger partial charge in [0.1, 0.15) is 0 Å². The highest BCUT2D eigenvalue weighted by atomic mass is 16.1. The van der Waals surface area contributed by atoms with Gasteiger partial charge in [-0.2, -0.15) is 5.26 Å². The first kappa shape index (κ1) is 16.1. The molecule has 2 nitrogen and oxygen atoms in total. The number of allylic oxidation sites excluding steroid dienone is 4. The lowest BCUT2D eigenvalue weighted by Crippen LogP contribution is -2.48. The molecule has 24 heavy (non-hydrogen) atoms. The van der Waals surface area contributed by atoms with E-state index in [1.165, 1.54) is 31.3 Å². The number of carbonyl (C=O) groups is 1. The minimum Gasteiger partial charge on any atom is -0.295 e. The number of hydrogen-bond donors (Lipinski definition) is 0. The molecule has 0 radical (unpaired) electrons. The number of rotatable bonds is 2. The smallest absolute Gasteiger partial charge is 0.156 e. The molecule has 0 aromatic heterocycles. The lowest BCUT2D eigenvalue weighted by Gasteiger charge is -2.56. The fourth-order valence-electron chi connectivity index (χ4n) is 6.82. The molecule has 4 rings (SSSR count). The summed E-state index contributed by atoms with van der Waals surface area (Å²) in [5, 5.41) is 8.98. The molecule has 6 atom stereocenters. The SMILES string of the molecule is CC12CCC(=O)C=C1C=CC1C2CC[C@]2(C)C(CCC#N)CCC12. The lowest BCUT2D eigenvalue weighted by molar-refractivity contribution is -0.116. The maximum atomic E-state index is 11.9. The first-order chi connectivity index (χ1) is 11.5. The minimum absolute atomic E-state index is 0.208. The standard InChI is InChI=1S/C22H29NO/c1-21-12-10-20-18(19(21)8-6-15(21)4-3-13-23)7-5-16-14-17(24)9-11-22(16,20)2/h5,7,14-15,18-20H,3-4,6,8-12H2,1-2H3/t15?,18?,19?,20?,21-,22?/m1/s1. The molecule has 2 fully saturated rings. The summed E-state index contributed by atoms with van der Waals surface area (Å²) in [6.07, 6.45) is 15.4. The van der Waals surface area contributed by atoms with Crippen molar-refractivity contribution in [2.75, 3.05) is 0 Å². The van der Waals surface area contributed by atoms with E-state index in [1.54, 1.807) is 0 Å². The van der Waals surface area contributed by atoms with Gasteiger partial charge >= 0.3 is 0 Å². The fraction of sp³-hybridized carbons (Fsp3) is 0.727. The van der Waals surface area contributed by atoms with Crippen molar-refractivity contribution in [3.8, 4) is 6.07 Å². The monoisotopic (exact) mass is 323 g/mol. The highest BCUT2D eigenvalue weighted by Gasteiger charge is 2.57. The van der Waals surface area contributed by atoms with Crippen LogP contribution in [0.1, 0.15) is 65.2 Å². The van der Waals surface area contributed by atoms with Crippen LogP contribution < -0.4 is 0 Å². The maximum absolute atomic E-state index is 11.9. The van der Waals surface area contributed by atoms with Crippen LogP contribution in [-0.4, -0.2) is 5.78 Å². The number of nitrogens with zero attached hydrogens (tertiary/aromatic N) is 1. The molecule has 0 heterocycles. The Balaban J connectivity index is 1.65. The first-order valence-electron chi connectivity index (χ1n) is 9.79. The van der Waals surface area contributed by atoms with E-state index in [9.17, 15) is 4.79 Å². The normalized spacial score (nSPS) is 46.5. The van der Waals surface area contributed by atoms with Crippen molar-refractivity contribution in [1.29, 1.82) is 5.26 Å². The zero-order valence-electron chi connectivity index (χ0n) is 15.1. The molecule has 0 aromatic carbocycles. The summed E-state index contributed by atoms with van der Waals surface area (Å²) in [6, 6.07) is 2.36. The Morgan fingerprint density at radius 1 is 1.21 bits per heavy atom. The van der Waals surface area contributed by atoms with Crippen LogP contribution in [-0.2, 0) is 4.79 Å². The zero-order chi connectivity index (χ0) is 16.9. The Kier molecular flexibility index (Phi) is 3.75. The highest BCUT2D eigenvalue weighted by Crippen LogP contribution is 2.65. The molecule has 5 unspecified atom stereocenters. The Hall–Kier alpha value is -1.36. The third kappa shape index (κ3) is 2.17.